The van der Waals surface area contributed by atoms with Gasteiger partial charge in [-0.2, -0.15) is 11.3 Å². The molecule has 3 aromatic heterocycles. The summed E-state index contributed by atoms with van der Waals surface area (Å²) in [4.78, 5) is 13.5. The number of nitrogens with one attached hydrogen (secondary N) is 1. The number of carbonyl (C=O) groups is 1. The molecule has 0 fully saturated rings. The Bertz CT molecular complexity index is 773. The fourth-order valence-electron chi connectivity index (χ4n) is 2.00. The third kappa shape index (κ3) is 4.19. The Morgan fingerprint density at radius 3 is 3.00 bits per heavy atom. The summed E-state index contributed by atoms with van der Waals surface area (Å²) >= 11 is 3.04. The fourth-order valence-corrected chi connectivity index (χ4v) is 3.57. The zero-order valence-electron chi connectivity index (χ0n) is 12.1. The van der Waals surface area contributed by atoms with Crippen LogP contribution < -0.4 is 5.32 Å². The van der Waals surface area contributed by atoms with Gasteiger partial charge in [0.2, 0.25) is 5.91 Å². The highest BCUT2D eigenvalue weighted by atomic mass is 32.1. The molecule has 0 aromatic carbocycles. The Morgan fingerprint density at radius 2 is 2.26 bits per heavy atom. The minimum atomic E-state index is -0.766. The lowest BCUT2D eigenvalue weighted by Crippen LogP contribution is -2.19. The summed E-state index contributed by atoms with van der Waals surface area (Å²) in [6, 6.07) is 9.18. The highest BCUT2D eigenvalue weighted by Crippen LogP contribution is 2.28. The molecular formula is C17H15NO3S2. The van der Waals surface area contributed by atoms with E-state index < -0.39 is 6.10 Å². The zero-order valence-corrected chi connectivity index (χ0v) is 13.8. The molecule has 1 amide bonds. The molecule has 118 valence electrons. The highest BCUT2D eigenvalue weighted by molar-refractivity contribution is 7.12. The van der Waals surface area contributed by atoms with Crippen LogP contribution in [0, 0.1) is 0 Å². The first-order chi connectivity index (χ1) is 11.2. The van der Waals surface area contributed by atoms with Crippen LogP contribution in [0.5, 0.6) is 0 Å². The smallest absolute Gasteiger partial charge is 0.244 e. The van der Waals surface area contributed by atoms with E-state index in [4.69, 9.17) is 4.42 Å². The van der Waals surface area contributed by atoms with Gasteiger partial charge in [0.05, 0.1) is 12.8 Å². The molecule has 0 saturated carbocycles. The number of aliphatic hydroxyl groups is 1. The Morgan fingerprint density at radius 1 is 1.35 bits per heavy atom. The average molecular weight is 345 g/mol. The molecular weight excluding hydrogens is 330 g/mol. The highest BCUT2D eigenvalue weighted by Gasteiger charge is 2.15. The van der Waals surface area contributed by atoms with Crippen LogP contribution in [0.2, 0.25) is 0 Å². The van der Waals surface area contributed by atoms with Crippen molar-refractivity contribution >= 4 is 34.7 Å². The molecule has 0 saturated heterocycles. The summed E-state index contributed by atoms with van der Waals surface area (Å²) in [7, 11) is 0. The van der Waals surface area contributed by atoms with Gasteiger partial charge >= 0.3 is 0 Å². The van der Waals surface area contributed by atoms with Crippen molar-refractivity contribution in [3.05, 3.63) is 74.5 Å². The average Bonchev–Trinajstić information content (AvgIpc) is 3.33. The van der Waals surface area contributed by atoms with E-state index in [0.717, 1.165) is 15.3 Å². The van der Waals surface area contributed by atoms with Crippen molar-refractivity contribution < 1.29 is 14.3 Å². The number of thiophene rings is 2. The van der Waals surface area contributed by atoms with Crippen molar-refractivity contribution in [2.45, 2.75) is 12.6 Å². The van der Waals surface area contributed by atoms with Crippen LogP contribution in [0.4, 0.5) is 0 Å². The van der Waals surface area contributed by atoms with Crippen molar-refractivity contribution in [1.29, 1.82) is 0 Å². The topological polar surface area (TPSA) is 62.5 Å². The molecule has 3 rings (SSSR count). The SMILES string of the molecule is O=C(C=Cc1ccsc1)NCc1ccc(C(O)c2ccco2)s1. The summed E-state index contributed by atoms with van der Waals surface area (Å²) < 4.78 is 5.20. The largest absolute Gasteiger partial charge is 0.466 e. The van der Waals surface area contributed by atoms with Crippen molar-refractivity contribution in [3.63, 3.8) is 0 Å². The maximum Gasteiger partial charge on any atom is 0.244 e. The number of aliphatic hydroxyl groups excluding tert-OH is 1. The molecule has 3 heterocycles. The molecule has 0 aliphatic heterocycles. The maximum atomic E-state index is 11.8. The van der Waals surface area contributed by atoms with E-state index in [2.05, 4.69) is 5.32 Å². The predicted molar refractivity (Wildman–Crippen MR) is 92.3 cm³/mol. The van der Waals surface area contributed by atoms with Crippen LogP contribution in [-0.2, 0) is 11.3 Å². The molecule has 6 heteroatoms. The summed E-state index contributed by atoms with van der Waals surface area (Å²) in [5, 5.41) is 17.0. The molecule has 1 unspecified atom stereocenters. The van der Waals surface area contributed by atoms with Crippen molar-refractivity contribution in [3.8, 4) is 0 Å². The van der Waals surface area contributed by atoms with E-state index >= 15 is 0 Å². The van der Waals surface area contributed by atoms with Crippen LogP contribution in [0.3, 0.4) is 0 Å². The second-order valence-electron chi connectivity index (χ2n) is 4.83. The number of hydrogen-bond donors (Lipinski definition) is 2. The van der Waals surface area contributed by atoms with Crippen LogP contribution in [0.15, 0.2) is 57.8 Å². The van der Waals surface area contributed by atoms with E-state index in [1.807, 2.05) is 29.0 Å². The Kier molecular flexibility index (Phi) is 5.07. The van der Waals surface area contributed by atoms with Gasteiger partial charge in [0.25, 0.3) is 0 Å². The van der Waals surface area contributed by atoms with Gasteiger partial charge in [0, 0.05) is 15.8 Å². The van der Waals surface area contributed by atoms with Crippen molar-refractivity contribution in [2.75, 3.05) is 0 Å². The van der Waals surface area contributed by atoms with E-state index in [1.54, 1.807) is 29.5 Å². The van der Waals surface area contributed by atoms with Crippen LogP contribution >= 0.6 is 22.7 Å². The first-order valence-electron chi connectivity index (χ1n) is 7.00. The molecule has 2 N–H and O–H groups in total. The summed E-state index contributed by atoms with van der Waals surface area (Å²) in [6.07, 6.45) is 4.08. The van der Waals surface area contributed by atoms with Crippen molar-refractivity contribution in [2.24, 2.45) is 0 Å². The van der Waals surface area contributed by atoms with Gasteiger partial charge in [-0.3, -0.25) is 4.79 Å². The normalized spacial score (nSPS) is 12.6. The molecule has 4 nitrogen and oxygen atoms in total. The molecule has 23 heavy (non-hydrogen) atoms. The lowest BCUT2D eigenvalue weighted by molar-refractivity contribution is -0.116. The van der Waals surface area contributed by atoms with Gasteiger partial charge in [-0.25, -0.2) is 0 Å². The third-order valence-corrected chi connectivity index (χ3v) is 5.01. The third-order valence-electron chi connectivity index (χ3n) is 3.17. The summed E-state index contributed by atoms with van der Waals surface area (Å²) in [6.45, 7) is 0.433. The lowest BCUT2D eigenvalue weighted by atomic mass is 10.2. The standard InChI is InChI=1S/C17H15NO3S2/c19-16(6-3-12-7-9-22-11-12)18-10-13-4-5-15(23-13)17(20)14-2-1-8-21-14/h1-9,11,17,20H,10H2,(H,18,19). The fraction of sp³-hybridized carbons (Fsp3) is 0.118. The lowest BCUT2D eigenvalue weighted by Gasteiger charge is -2.04. The Labute approximate surface area is 141 Å². The first-order valence-corrected chi connectivity index (χ1v) is 8.76. The van der Waals surface area contributed by atoms with Crippen molar-refractivity contribution in [1.82, 2.24) is 5.32 Å². The number of rotatable bonds is 6. The summed E-state index contributed by atoms with van der Waals surface area (Å²) in [5.41, 5.74) is 1.02. The van der Waals surface area contributed by atoms with Gasteiger partial charge < -0.3 is 14.8 Å². The first kappa shape index (κ1) is 15.7. The second kappa shape index (κ2) is 7.41. The summed E-state index contributed by atoms with van der Waals surface area (Å²) in [5.74, 6) is 0.374. The molecule has 0 spiro atoms. The number of hydrogen-bond acceptors (Lipinski definition) is 5. The second-order valence-corrected chi connectivity index (χ2v) is 6.81. The molecule has 0 bridgehead atoms. The van der Waals surface area contributed by atoms with Gasteiger partial charge in [-0.05, 0) is 52.7 Å². The Hall–Kier alpha value is -2.15. The van der Waals surface area contributed by atoms with Crippen LogP contribution in [0.1, 0.15) is 27.2 Å². The monoisotopic (exact) mass is 345 g/mol. The molecule has 3 aromatic rings. The quantitative estimate of drug-likeness (QED) is 0.668. The van der Waals surface area contributed by atoms with Crippen LogP contribution in [0.25, 0.3) is 6.08 Å². The number of carbonyl (C=O) groups excluding carboxylic acids is 1. The van der Waals surface area contributed by atoms with Gasteiger partial charge in [-0.15, -0.1) is 11.3 Å². The van der Waals surface area contributed by atoms with E-state index in [-0.39, 0.29) is 5.91 Å². The van der Waals surface area contributed by atoms with Crippen LogP contribution in [-0.4, -0.2) is 11.0 Å². The predicted octanol–water partition coefficient (Wildman–Crippen LogP) is 3.81. The van der Waals surface area contributed by atoms with Gasteiger partial charge in [-0.1, -0.05) is 0 Å². The maximum absolute atomic E-state index is 11.8. The molecule has 0 aliphatic carbocycles. The van der Waals surface area contributed by atoms with Gasteiger partial charge in [0.1, 0.15) is 11.9 Å². The zero-order chi connectivity index (χ0) is 16.1. The number of amides is 1. The van der Waals surface area contributed by atoms with Gasteiger partial charge in [0.15, 0.2) is 0 Å². The minimum absolute atomic E-state index is 0.141. The molecule has 0 radical (unpaired) electrons. The minimum Gasteiger partial charge on any atom is -0.466 e. The Balaban J connectivity index is 1.54. The van der Waals surface area contributed by atoms with E-state index in [1.165, 1.54) is 23.7 Å². The molecule has 0 aliphatic rings. The van der Waals surface area contributed by atoms with E-state index in [9.17, 15) is 9.90 Å². The van der Waals surface area contributed by atoms with E-state index in [0.29, 0.717) is 12.3 Å². The molecule has 1 atom stereocenters. The number of furan rings is 1.